The molecule has 1 aliphatic rings. The molecule has 0 amide bonds. The van der Waals surface area contributed by atoms with E-state index in [0.29, 0.717) is 19.5 Å². The van der Waals surface area contributed by atoms with Gasteiger partial charge in [-0.2, -0.15) is 0 Å². The van der Waals surface area contributed by atoms with Crippen LogP contribution in [0.3, 0.4) is 0 Å². The van der Waals surface area contributed by atoms with Gasteiger partial charge in [-0.25, -0.2) is 22.7 Å². The van der Waals surface area contributed by atoms with E-state index in [-0.39, 0.29) is 5.92 Å². The molecule has 1 unspecified atom stereocenters. The first-order chi connectivity index (χ1) is 10.4. The largest absolute Gasteiger partial charge is 0.333 e. The zero-order valence-electron chi connectivity index (χ0n) is 12.7. The third-order valence-corrected chi connectivity index (χ3v) is 5.28. The molecule has 0 spiro atoms. The van der Waals surface area contributed by atoms with Crippen LogP contribution in [0.1, 0.15) is 12.1 Å². The number of nitrogens with zero attached hydrogens (tertiary/aromatic N) is 5. The predicted octanol–water partition coefficient (Wildman–Crippen LogP) is 0.701. The summed E-state index contributed by atoms with van der Waals surface area (Å²) in [4.78, 5) is 13.2. The molecule has 2 aromatic heterocycles. The van der Waals surface area contributed by atoms with Gasteiger partial charge in [0.2, 0.25) is 10.0 Å². The summed E-state index contributed by atoms with van der Waals surface area (Å²) < 4.78 is 26.7. The molecule has 22 heavy (non-hydrogen) atoms. The number of sulfonamides is 1. The van der Waals surface area contributed by atoms with Crippen LogP contribution in [0, 0.1) is 5.92 Å². The van der Waals surface area contributed by atoms with Crippen molar-refractivity contribution in [2.24, 2.45) is 13.0 Å². The minimum absolute atomic E-state index is 0.269. The van der Waals surface area contributed by atoms with E-state index in [4.69, 9.17) is 0 Å². The highest BCUT2D eigenvalue weighted by atomic mass is 32.2. The maximum atomic E-state index is 11.6. The molecule has 1 fully saturated rings. The molecular formula is C14H19N5O2S. The second-order valence-electron chi connectivity index (χ2n) is 5.69. The summed E-state index contributed by atoms with van der Waals surface area (Å²) in [5.74, 6) is 1.05. The normalized spacial score (nSPS) is 19.6. The average Bonchev–Trinajstić information content (AvgIpc) is 3.08. The van der Waals surface area contributed by atoms with Crippen molar-refractivity contribution in [3.8, 4) is 11.5 Å². The quantitative estimate of drug-likeness (QED) is 0.828. The predicted molar refractivity (Wildman–Crippen MR) is 82.5 cm³/mol. The van der Waals surface area contributed by atoms with E-state index < -0.39 is 10.0 Å². The molecule has 7 nitrogen and oxygen atoms in total. The van der Waals surface area contributed by atoms with Gasteiger partial charge in [0.15, 0.2) is 5.82 Å². The minimum Gasteiger partial charge on any atom is -0.333 e. The second-order valence-corrected chi connectivity index (χ2v) is 7.68. The Morgan fingerprint density at radius 1 is 1.23 bits per heavy atom. The fraction of sp³-hybridized carbons (Fsp3) is 0.500. The maximum Gasteiger partial charge on any atom is 0.211 e. The van der Waals surface area contributed by atoms with Gasteiger partial charge >= 0.3 is 0 Å². The lowest BCUT2D eigenvalue weighted by atomic mass is 10.0. The first kappa shape index (κ1) is 15.1. The summed E-state index contributed by atoms with van der Waals surface area (Å²) in [5.41, 5.74) is 1.64. The third kappa shape index (κ3) is 3.02. The van der Waals surface area contributed by atoms with E-state index in [9.17, 15) is 8.42 Å². The fourth-order valence-electron chi connectivity index (χ4n) is 2.84. The van der Waals surface area contributed by atoms with Crippen molar-refractivity contribution in [3.05, 3.63) is 30.5 Å². The van der Waals surface area contributed by atoms with E-state index in [1.165, 1.54) is 10.6 Å². The first-order valence-electron chi connectivity index (χ1n) is 7.18. The van der Waals surface area contributed by atoms with Gasteiger partial charge in [-0.05, 0) is 18.8 Å². The Bertz CT molecular complexity index is 771. The summed E-state index contributed by atoms with van der Waals surface area (Å²) in [6, 6.07) is 0. The van der Waals surface area contributed by atoms with Crippen molar-refractivity contribution in [3.63, 3.8) is 0 Å². The molecule has 118 valence electrons. The highest BCUT2D eigenvalue weighted by molar-refractivity contribution is 7.88. The number of aromatic nitrogens is 4. The van der Waals surface area contributed by atoms with Gasteiger partial charge in [0.25, 0.3) is 0 Å². The topological polar surface area (TPSA) is 81.0 Å². The van der Waals surface area contributed by atoms with Crippen LogP contribution >= 0.6 is 0 Å². The van der Waals surface area contributed by atoms with E-state index in [1.807, 2.05) is 17.8 Å². The zero-order chi connectivity index (χ0) is 15.7. The summed E-state index contributed by atoms with van der Waals surface area (Å²) in [6.07, 6.45) is 9.75. The van der Waals surface area contributed by atoms with Gasteiger partial charge in [-0.15, -0.1) is 0 Å². The Morgan fingerprint density at radius 2 is 2.00 bits per heavy atom. The monoisotopic (exact) mass is 321 g/mol. The number of rotatable bonds is 4. The van der Waals surface area contributed by atoms with Crippen LogP contribution in [0.2, 0.25) is 0 Å². The van der Waals surface area contributed by atoms with E-state index in [1.54, 1.807) is 18.6 Å². The smallest absolute Gasteiger partial charge is 0.211 e. The summed E-state index contributed by atoms with van der Waals surface area (Å²) >= 11 is 0. The molecular weight excluding hydrogens is 302 g/mol. The van der Waals surface area contributed by atoms with Crippen LogP contribution in [0.15, 0.2) is 24.8 Å². The molecule has 0 N–H and O–H groups in total. The SMILES string of the molecule is Cn1ccnc1-c1nccnc1CC1CCN(S(C)(=O)=O)C1. The van der Waals surface area contributed by atoms with E-state index >= 15 is 0 Å². The van der Waals surface area contributed by atoms with Crippen LogP contribution in [-0.4, -0.2) is 51.6 Å². The molecule has 0 bridgehead atoms. The van der Waals surface area contributed by atoms with Crippen LogP contribution in [0.5, 0.6) is 0 Å². The Morgan fingerprint density at radius 3 is 2.64 bits per heavy atom. The number of aryl methyl sites for hydroxylation is 1. The van der Waals surface area contributed by atoms with Crippen molar-refractivity contribution < 1.29 is 8.42 Å². The van der Waals surface area contributed by atoms with Crippen LogP contribution < -0.4 is 0 Å². The van der Waals surface area contributed by atoms with Crippen LogP contribution in [0.4, 0.5) is 0 Å². The highest BCUT2D eigenvalue weighted by Crippen LogP contribution is 2.25. The molecule has 0 radical (unpaired) electrons. The molecule has 3 heterocycles. The van der Waals surface area contributed by atoms with Crippen molar-refractivity contribution in [1.82, 2.24) is 23.8 Å². The summed E-state index contributed by atoms with van der Waals surface area (Å²) in [7, 11) is -1.19. The fourth-order valence-corrected chi connectivity index (χ4v) is 3.75. The molecule has 2 aromatic rings. The summed E-state index contributed by atoms with van der Waals surface area (Å²) in [6.45, 7) is 1.14. The van der Waals surface area contributed by atoms with Gasteiger partial charge < -0.3 is 4.57 Å². The van der Waals surface area contributed by atoms with Crippen LogP contribution in [0.25, 0.3) is 11.5 Å². The lowest BCUT2D eigenvalue weighted by Gasteiger charge is -2.14. The van der Waals surface area contributed by atoms with Gasteiger partial charge in [0.05, 0.1) is 11.9 Å². The molecule has 0 saturated carbocycles. The van der Waals surface area contributed by atoms with Gasteiger partial charge in [0.1, 0.15) is 5.69 Å². The Hall–Kier alpha value is -1.80. The lowest BCUT2D eigenvalue weighted by Crippen LogP contribution is -2.27. The third-order valence-electron chi connectivity index (χ3n) is 4.01. The van der Waals surface area contributed by atoms with Crippen LogP contribution in [-0.2, 0) is 23.5 Å². The standard InChI is InChI=1S/C14H19N5O2S/c1-18-8-6-17-14(18)13-12(15-4-5-16-13)9-11-3-7-19(10-11)22(2,20)21/h4-6,8,11H,3,7,9-10H2,1-2H3. The molecule has 0 aromatic carbocycles. The second kappa shape index (κ2) is 5.77. The maximum absolute atomic E-state index is 11.6. The molecule has 0 aliphatic carbocycles. The zero-order valence-corrected chi connectivity index (χ0v) is 13.5. The highest BCUT2D eigenvalue weighted by Gasteiger charge is 2.29. The molecule has 1 aliphatic heterocycles. The Kier molecular flexibility index (Phi) is 3.96. The first-order valence-corrected chi connectivity index (χ1v) is 9.02. The van der Waals surface area contributed by atoms with Gasteiger partial charge in [-0.3, -0.25) is 4.98 Å². The minimum atomic E-state index is -3.11. The average molecular weight is 321 g/mol. The molecule has 1 saturated heterocycles. The number of hydrogen-bond donors (Lipinski definition) is 0. The van der Waals surface area contributed by atoms with Crippen molar-refractivity contribution >= 4 is 10.0 Å². The lowest BCUT2D eigenvalue weighted by molar-refractivity contribution is 0.459. The van der Waals surface area contributed by atoms with Crippen molar-refractivity contribution in [2.45, 2.75) is 12.8 Å². The van der Waals surface area contributed by atoms with Gasteiger partial charge in [-0.1, -0.05) is 0 Å². The van der Waals surface area contributed by atoms with Gasteiger partial charge in [0, 0.05) is 44.9 Å². The molecule has 1 atom stereocenters. The van der Waals surface area contributed by atoms with Crippen molar-refractivity contribution in [1.29, 1.82) is 0 Å². The van der Waals surface area contributed by atoms with Crippen molar-refractivity contribution in [2.75, 3.05) is 19.3 Å². The molecule has 3 rings (SSSR count). The summed E-state index contributed by atoms with van der Waals surface area (Å²) in [5, 5.41) is 0. The van der Waals surface area contributed by atoms with E-state index in [2.05, 4.69) is 15.0 Å². The number of imidazole rings is 1. The number of hydrogen-bond acceptors (Lipinski definition) is 5. The Labute approximate surface area is 130 Å². The molecule has 8 heteroatoms. The van der Waals surface area contributed by atoms with E-state index in [0.717, 1.165) is 23.6 Å². The Balaban J connectivity index is 1.81.